The van der Waals surface area contributed by atoms with Crippen molar-refractivity contribution in [2.24, 2.45) is 5.92 Å². The van der Waals surface area contributed by atoms with Crippen molar-refractivity contribution in [3.8, 4) is 0 Å². The van der Waals surface area contributed by atoms with Crippen molar-refractivity contribution in [3.05, 3.63) is 28.8 Å². The third kappa shape index (κ3) is 1.80. The number of anilines is 1. The van der Waals surface area contributed by atoms with Crippen molar-refractivity contribution < 1.29 is 15.3 Å². The highest BCUT2D eigenvalue weighted by molar-refractivity contribution is 5.23. The van der Waals surface area contributed by atoms with Crippen LogP contribution in [-0.4, -0.2) is 48.9 Å². The molecule has 1 fully saturated rings. The molecule has 0 aliphatic heterocycles. The van der Waals surface area contributed by atoms with Crippen LogP contribution in [0.25, 0.3) is 0 Å². The molecule has 0 spiro atoms. The Morgan fingerprint density at radius 1 is 1.44 bits per heavy atom. The topological polar surface area (TPSA) is 134 Å². The van der Waals surface area contributed by atoms with Gasteiger partial charge in [0.15, 0.2) is 0 Å². The molecule has 1 aromatic heterocycles. The summed E-state index contributed by atoms with van der Waals surface area (Å²) in [6.45, 7) is 3.32. The average Bonchev–Trinajstić information content (AvgIpc) is 2.52. The minimum atomic E-state index is -1.27. The van der Waals surface area contributed by atoms with Crippen LogP contribution in [0.2, 0.25) is 0 Å². The third-order valence-electron chi connectivity index (χ3n) is 3.14. The van der Waals surface area contributed by atoms with E-state index >= 15 is 0 Å². The normalized spacial score (nSPS) is 31.8. The van der Waals surface area contributed by atoms with E-state index in [0.29, 0.717) is 5.57 Å². The van der Waals surface area contributed by atoms with Crippen LogP contribution in [0.15, 0.2) is 23.1 Å². The molecule has 8 heteroatoms. The maximum atomic E-state index is 11.6. The summed E-state index contributed by atoms with van der Waals surface area (Å²) in [6, 6.07) is -0.919. The number of aliphatic hydroxyl groups is 3. The standard InChI is InChI=1S/C10H14N4O4/c1-4-5(3-15)8(16)9(17)7(4)14-10(18)13-6(11)2-12-14/h2,5,7-9,15-17H,1,3H2,(H2,11,13,18)/t5-,7+,8?,9?/m0/s1. The first kappa shape index (κ1) is 12.7. The summed E-state index contributed by atoms with van der Waals surface area (Å²) in [5, 5.41) is 32.5. The number of aliphatic hydroxyl groups excluding tert-OH is 3. The van der Waals surface area contributed by atoms with Crippen molar-refractivity contribution in [3.63, 3.8) is 0 Å². The van der Waals surface area contributed by atoms with E-state index in [1.54, 1.807) is 0 Å². The molecule has 0 bridgehead atoms. The summed E-state index contributed by atoms with van der Waals surface area (Å²) in [5.74, 6) is -0.732. The van der Waals surface area contributed by atoms with Gasteiger partial charge in [0.1, 0.15) is 18.0 Å². The van der Waals surface area contributed by atoms with Gasteiger partial charge in [0, 0.05) is 5.92 Å². The molecule has 2 unspecified atom stereocenters. The largest absolute Gasteiger partial charge is 0.396 e. The van der Waals surface area contributed by atoms with Crippen molar-refractivity contribution in [1.82, 2.24) is 14.8 Å². The van der Waals surface area contributed by atoms with Crippen molar-refractivity contribution >= 4 is 5.82 Å². The lowest BCUT2D eigenvalue weighted by molar-refractivity contribution is -0.00583. The Kier molecular flexibility index (Phi) is 3.16. The van der Waals surface area contributed by atoms with Gasteiger partial charge < -0.3 is 21.1 Å². The maximum absolute atomic E-state index is 11.6. The highest BCUT2D eigenvalue weighted by atomic mass is 16.3. The molecule has 1 aromatic rings. The number of nitrogen functional groups attached to an aromatic ring is 1. The van der Waals surface area contributed by atoms with Crippen LogP contribution in [-0.2, 0) is 0 Å². The number of aromatic nitrogens is 3. The second kappa shape index (κ2) is 4.48. The van der Waals surface area contributed by atoms with E-state index in [0.717, 1.165) is 4.68 Å². The fraction of sp³-hybridized carbons (Fsp3) is 0.500. The summed E-state index contributed by atoms with van der Waals surface area (Å²) >= 11 is 0. The van der Waals surface area contributed by atoms with E-state index in [1.165, 1.54) is 6.20 Å². The molecular formula is C10H14N4O4. The number of rotatable bonds is 2. The van der Waals surface area contributed by atoms with Crippen LogP contribution in [0, 0.1) is 5.92 Å². The lowest BCUT2D eigenvalue weighted by atomic mass is 10.0. The first-order valence-corrected chi connectivity index (χ1v) is 5.34. The van der Waals surface area contributed by atoms with Crippen LogP contribution in [0.3, 0.4) is 0 Å². The van der Waals surface area contributed by atoms with Crippen molar-refractivity contribution in [1.29, 1.82) is 0 Å². The van der Waals surface area contributed by atoms with Crippen LogP contribution < -0.4 is 11.4 Å². The van der Waals surface area contributed by atoms with Crippen molar-refractivity contribution in [2.75, 3.05) is 12.3 Å². The second-order valence-electron chi connectivity index (χ2n) is 4.20. The smallest absolute Gasteiger partial charge is 0.366 e. The van der Waals surface area contributed by atoms with E-state index < -0.39 is 29.9 Å². The van der Waals surface area contributed by atoms with Gasteiger partial charge in [-0.25, -0.2) is 9.48 Å². The Labute approximate surface area is 102 Å². The first-order chi connectivity index (χ1) is 8.47. The SMILES string of the molecule is C=C1[C@@H](n2ncc(N)nc2=O)C(O)C(O)[C@H]1CO. The Balaban J connectivity index is 2.45. The zero-order chi connectivity index (χ0) is 13.4. The van der Waals surface area contributed by atoms with Gasteiger partial charge in [-0.2, -0.15) is 10.1 Å². The quantitative estimate of drug-likeness (QED) is 0.434. The fourth-order valence-electron chi connectivity index (χ4n) is 2.16. The van der Waals surface area contributed by atoms with Crippen LogP contribution in [0.5, 0.6) is 0 Å². The number of hydrogen-bond donors (Lipinski definition) is 4. The minimum absolute atomic E-state index is 0.0337. The van der Waals surface area contributed by atoms with E-state index in [2.05, 4.69) is 16.7 Å². The summed E-state index contributed by atoms with van der Waals surface area (Å²) in [7, 11) is 0. The second-order valence-corrected chi connectivity index (χ2v) is 4.20. The summed E-state index contributed by atoms with van der Waals surface area (Å²) in [4.78, 5) is 15.1. The monoisotopic (exact) mass is 254 g/mol. The van der Waals surface area contributed by atoms with Gasteiger partial charge in [-0.3, -0.25) is 0 Å². The molecule has 1 aliphatic rings. The zero-order valence-electron chi connectivity index (χ0n) is 9.47. The molecule has 98 valence electrons. The molecule has 18 heavy (non-hydrogen) atoms. The third-order valence-corrected chi connectivity index (χ3v) is 3.14. The van der Waals surface area contributed by atoms with Gasteiger partial charge in [-0.05, 0) is 5.57 Å². The highest BCUT2D eigenvalue weighted by Crippen LogP contribution is 2.37. The molecule has 8 nitrogen and oxygen atoms in total. The van der Waals surface area contributed by atoms with Gasteiger partial charge in [0.25, 0.3) is 0 Å². The summed E-state index contributed by atoms with van der Waals surface area (Å²) in [6.07, 6.45) is -1.30. The Morgan fingerprint density at radius 3 is 2.61 bits per heavy atom. The van der Waals surface area contributed by atoms with Crippen LogP contribution in [0.1, 0.15) is 6.04 Å². The van der Waals surface area contributed by atoms with E-state index in [-0.39, 0.29) is 12.4 Å². The average molecular weight is 254 g/mol. The van der Waals surface area contributed by atoms with Gasteiger partial charge >= 0.3 is 5.69 Å². The molecular weight excluding hydrogens is 240 g/mol. The molecule has 0 saturated heterocycles. The predicted octanol–water partition coefficient (Wildman–Crippen LogP) is -2.34. The van der Waals surface area contributed by atoms with Gasteiger partial charge in [0.05, 0.1) is 18.9 Å². The van der Waals surface area contributed by atoms with Gasteiger partial charge in [0.2, 0.25) is 0 Å². The Morgan fingerprint density at radius 2 is 2.11 bits per heavy atom. The lowest BCUT2D eigenvalue weighted by Gasteiger charge is -2.17. The van der Waals surface area contributed by atoms with E-state index in [4.69, 9.17) is 10.8 Å². The molecule has 1 heterocycles. The fourth-order valence-corrected chi connectivity index (χ4v) is 2.16. The van der Waals surface area contributed by atoms with Gasteiger partial charge in [-0.15, -0.1) is 0 Å². The van der Waals surface area contributed by atoms with Crippen molar-refractivity contribution in [2.45, 2.75) is 18.2 Å². The summed E-state index contributed by atoms with van der Waals surface area (Å²) in [5.41, 5.74) is 4.90. The molecule has 4 atom stereocenters. The number of nitrogens with two attached hydrogens (primary N) is 1. The zero-order valence-corrected chi connectivity index (χ0v) is 9.47. The van der Waals surface area contributed by atoms with Crippen LogP contribution in [0.4, 0.5) is 5.82 Å². The molecule has 1 saturated carbocycles. The molecule has 0 radical (unpaired) electrons. The van der Waals surface area contributed by atoms with E-state index in [1.807, 2.05) is 0 Å². The predicted molar refractivity (Wildman–Crippen MR) is 61.5 cm³/mol. The Bertz CT molecular complexity index is 529. The summed E-state index contributed by atoms with van der Waals surface area (Å²) < 4.78 is 0.905. The number of hydrogen-bond acceptors (Lipinski definition) is 7. The first-order valence-electron chi connectivity index (χ1n) is 5.34. The van der Waals surface area contributed by atoms with Gasteiger partial charge in [-0.1, -0.05) is 6.58 Å². The molecule has 5 N–H and O–H groups in total. The molecule has 1 aliphatic carbocycles. The number of nitrogens with zero attached hydrogens (tertiary/aromatic N) is 3. The molecule has 2 rings (SSSR count). The molecule has 0 amide bonds. The highest BCUT2D eigenvalue weighted by Gasteiger charge is 2.46. The van der Waals surface area contributed by atoms with Crippen LogP contribution >= 0.6 is 0 Å². The lowest BCUT2D eigenvalue weighted by Crippen LogP contribution is -2.37. The minimum Gasteiger partial charge on any atom is -0.396 e. The maximum Gasteiger partial charge on any atom is 0.366 e. The van der Waals surface area contributed by atoms with E-state index in [9.17, 15) is 15.0 Å². The Hall–Kier alpha value is -1.77. The molecule has 0 aromatic carbocycles.